The second-order valence-corrected chi connectivity index (χ2v) is 10.5. The van der Waals surface area contributed by atoms with Crippen LogP contribution >= 0.6 is 0 Å². The molecule has 0 aromatic carbocycles. The summed E-state index contributed by atoms with van der Waals surface area (Å²) < 4.78 is 39.0. The molecule has 5 nitrogen and oxygen atoms in total. The Morgan fingerprint density at radius 2 is 1.88 bits per heavy atom. The summed E-state index contributed by atoms with van der Waals surface area (Å²) in [5.41, 5.74) is 1.18. The lowest BCUT2D eigenvalue weighted by atomic mass is 9.68. The van der Waals surface area contributed by atoms with Crippen LogP contribution in [0.2, 0.25) is 0 Å². The number of hydrogen-bond acceptors (Lipinski definition) is 5. The number of carbonyl (C=O) groups is 1. The van der Waals surface area contributed by atoms with Crippen molar-refractivity contribution in [3.8, 4) is 0 Å². The molecule has 0 aliphatic heterocycles. The third-order valence-electron chi connectivity index (χ3n) is 6.97. The molecule has 2 fully saturated rings. The average molecular weight is 384 g/mol. The van der Waals surface area contributed by atoms with E-state index in [1.807, 2.05) is 6.92 Å². The number of hydrogen-bond donors (Lipinski definition) is 0. The summed E-state index contributed by atoms with van der Waals surface area (Å²) in [6, 6.07) is 0. The largest absolute Gasteiger partial charge is 0.748 e. The number of rotatable bonds is 6. The van der Waals surface area contributed by atoms with Gasteiger partial charge in [0.15, 0.2) is 0 Å². The third kappa shape index (κ3) is 4.89. The maximum Gasteiger partial charge on any atom is 0.309 e. The normalized spacial score (nSPS) is 34.8. The molecule has 3 atom stereocenters. The van der Waals surface area contributed by atoms with E-state index in [9.17, 15) is 17.8 Å². The number of allylic oxidation sites excluding steroid dienone is 1. The van der Waals surface area contributed by atoms with E-state index in [0.29, 0.717) is 25.4 Å². The molecular formula is C20H31O5S-. The zero-order chi connectivity index (χ0) is 18.9. The van der Waals surface area contributed by atoms with Crippen molar-refractivity contribution >= 4 is 16.1 Å². The molecule has 3 rings (SSSR count). The Morgan fingerprint density at radius 1 is 1.23 bits per heavy atom. The fourth-order valence-electron chi connectivity index (χ4n) is 5.46. The van der Waals surface area contributed by atoms with Crippen LogP contribution in [-0.4, -0.2) is 31.3 Å². The van der Waals surface area contributed by atoms with E-state index in [-0.39, 0.29) is 12.4 Å². The fourth-order valence-corrected chi connectivity index (χ4v) is 6.60. The van der Waals surface area contributed by atoms with Gasteiger partial charge >= 0.3 is 5.97 Å². The fraction of sp³-hybridized carbons (Fsp3) is 0.850. The summed E-state index contributed by atoms with van der Waals surface area (Å²) >= 11 is 0. The number of ether oxygens (including phenoxy) is 1. The molecule has 148 valence electrons. The van der Waals surface area contributed by atoms with E-state index >= 15 is 0 Å². The van der Waals surface area contributed by atoms with E-state index in [2.05, 4.69) is 0 Å². The highest BCUT2D eigenvalue weighted by Gasteiger charge is 2.36. The lowest BCUT2D eigenvalue weighted by molar-refractivity contribution is -0.145. The molecule has 3 aliphatic rings. The van der Waals surface area contributed by atoms with Crippen LogP contribution < -0.4 is 0 Å². The second kappa shape index (κ2) is 7.63. The lowest BCUT2D eigenvalue weighted by Crippen LogP contribution is -2.29. The molecule has 0 radical (unpaired) electrons. The minimum absolute atomic E-state index is 0.218. The highest BCUT2D eigenvalue weighted by atomic mass is 32.2. The van der Waals surface area contributed by atoms with Crippen LogP contribution in [0.5, 0.6) is 0 Å². The van der Waals surface area contributed by atoms with Crippen LogP contribution in [0.4, 0.5) is 0 Å². The van der Waals surface area contributed by atoms with Crippen LogP contribution in [0.25, 0.3) is 0 Å². The molecule has 26 heavy (non-hydrogen) atoms. The molecule has 0 amide bonds. The Bertz CT molecular complexity index is 668. The van der Waals surface area contributed by atoms with E-state index in [1.165, 1.54) is 38.5 Å². The molecule has 0 aromatic heterocycles. The molecular weight excluding hydrogens is 352 g/mol. The van der Waals surface area contributed by atoms with Gasteiger partial charge in [-0.1, -0.05) is 37.3 Å². The molecule has 2 bridgehead atoms. The number of fused-ring (bicyclic) bond motifs is 2. The van der Waals surface area contributed by atoms with Gasteiger partial charge in [-0.3, -0.25) is 4.79 Å². The molecule has 2 saturated carbocycles. The zero-order valence-corrected chi connectivity index (χ0v) is 16.8. The van der Waals surface area contributed by atoms with Gasteiger partial charge in [-0.05, 0) is 56.8 Å². The molecule has 0 saturated heterocycles. The van der Waals surface area contributed by atoms with E-state index in [1.54, 1.807) is 6.92 Å². The van der Waals surface area contributed by atoms with E-state index in [0.717, 1.165) is 23.0 Å². The van der Waals surface area contributed by atoms with Crippen LogP contribution in [-0.2, 0) is 19.6 Å². The van der Waals surface area contributed by atoms with Crippen LogP contribution in [0.3, 0.4) is 0 Å². The molecule has 0 heterocycles. The van der Waals surface area contributed by atoms with Crippen molar-refractivity contribution < 1.29 is 22.5 Å². The van der Waals surface area contributed by atoms with E-state index in [4.69, 9.17) is 4.74 Å². The van der Waals surface area contributed by atoms with Crippen molar-refractivity contribution in [3.05, 3.63) is 11.1 Å². The first-order valence-corrected chi connectivity index (χ1v) is 11.5. The molecule has 6 heteroatoms. The summed E-state index contributed by atoms with van der Waals surface area (Å²) in [7, 11) is -4.28. The van der Waals surface area contributed by atoms with Crippen molar-refractivity contribution in [2.75, 3.05) is 12.4 Å². The number of carbonyl (C=O) groups excluding carboxylic acids is 1. The second-order valence-electron chi connectivity index (χ2n) is 9.09. The topological polar surface area (TPSA) is 83.5 Å². The van der Waals surface area contributed by atoms with Crippen molar-refractivity contribution in [1.29, 1.82) is 0 Å². The summed E-state index contributed by atoms with van der Waals surface area (Å²) in [4.78, 5) is 12.3. The minimum atomic E-state index is -4.28. The quantitative estimate of drug-likeness (QED) is 0.396. The van der Waals surface area contributed by atoms with Crippen molar-refractivity contribution in [1.82, 2.24) is 0 Å². The summed E-state index contributed by atoms with van der Waals surface area (Å²) in [6.45, 7) is 4.17. The number of esters is 1. The Morgan fingerprint density at radius 3 is 2.50 bits per heavy atom. The zero-order valence-electron chi connectivity index (χ0n) is 16.0. The Hall–Kier alpha value is -0.880. The SMILES string of the molecule is CC1=C(CC(=O)OCC2CC3CCCC(C3)C2)CCC1(C)CS(=O)(=O)[O-]. The van der Waals surface area contributed by atoms with Crippen LogP contribution in [0.15, 0.2) is 11.1 Å². The van der Waals surface area contributed by atoms with Crippen LogP contribution in [0.1, 0.15) is 71.6 Å². The first kappa shape index (κ1) is 19.9. The maximum atomic E-state index is 12.3. The predicted octanol–water partition coefficient (Wildman–Crippen LogP) is 3.80. The molecule has 3 aliphatic carbocycles. The van der Waals surface area contributed by atoms with Gasteiger partial charge in [-0.15, -0.1) is 0 Å². The average Bonchev–Trinajstić information content (AvgIpc) is 2.79. The first-order valence-electron chi connectivity index (χ1n) is 9.93. The highest BCUT2D eigenvalue weighted by Crippen LogP contribution is 2.45. The van der Waals surface area contributed by atoms with Gasteiger partial charge in [0.05, 0.1) is 23.1 Å². The Kier molecular flexibility index (Phi) is 5.83. The first-order chi connectivity index (χ1) is 12.1. The Balaban J connectivity index is 1.51. The molecule has 0 aromatic rings. The molecule has 0 spiro atoms. The highest BCUT2D eigenvalue weighted by molar-refractivity contribution is 7.85. The summed E-state index contributed by atoms with van der Waals surface area (Å²) in [6.07, 6.45) is 9.23. The Labute approximate surface area is 157 Å². The summed E-state index contributed by atoms with van der Waals surface area (Å²) in [5.74, 6) is 1.53. The monoisotopic (exact) mass is 383 g/mol. The molecule has 0 N–H and O–H groups in total. The van der Waals surface area contributed by atoms with Crippen molar-refractivity contribution in [3.63, 3.8) is 0 Å². The van der Waals surface area contributed by atoms with Crippen molar-refractivity contribution in [2.24, 2.45) is 23.2 Å². The smallest absolute Gasteiger partial charge is 0.309 e. The maximum absolute atomic E-state index is 12.3. The standard InChI is InChI=1S/C20H32O5S/c1-14-18(6-7-20(14,2)13-26(22,23)24)11-19(21)25-12-17-9-15-4-3-5-16(8-15)10-17/h15-17H,3-13H2,1-2H3,(H,22,23,24)/p-1. The van der Waals surface area contributed by atoms with Gasteiger partial charge in [-0.2, -0.15) is 0 Å². The lowest BCUT2D eigenvalue weighted by Gasteiger charge is -2.38. The predicted molar refractivity (Wildman–Crippen MR) is 98.4 cm³/mol. The van der Waals surface area contributed by atoms with Gasteiger partial charge in [0.25, 0.3) is 0 Å². The minimum Gasteiger partial charge on any atom is -0.748 e. The van der Waals surface area contributed by atoms with Gasteiger partial charge in [0, 0.05) is 11.2 Å². The van der Waals surface area contributed by atoms with Gasteiger partial charge in [0.1, 0.15) is 0 Å². The third-order valence-corrected chi connectivity index (χ3v) is 7.96. The van der Waals surface area contributed by atoms with Gasteiger partial charge < -0.3 is 9.29 Å². The van der Waals surface area contributed by atoms with Crippen LogP contribution in [0, 0.1) is 23.2 Å². The summed E-state index contributed by atoms with van der Waals surface area (Å²) in [5, 5.41) is 0. The van der Waals surface area contributed by atoms with Crippen molar-refractivity contribution in [2.45, 2.75) is 71.6 Å². The van der Waals surface area contributed by atoms with E-state index < -0.39 is 21.3 Å². The molecule has 3 unspecified atom stereocenters. The van der Waals surface area contributed by atoms with Gasteiger partial charge in [-0.25, -0.2) is 8.42 Å². The van der Waals surface area contributed by atoms with Gasteiger partial charge in [0.2, 0.25) is 0 Å².